The Balaban J connectivity index is 1.41. The van der Waals surface area contributed by atoms with Gasteiger partial charge in [0, 0.05) is 75.0 Å². The highest BCUT2D eigenvalue weighted by Crippen LogP contribution is 2.42. The van der Waals surface area contributed by atoms with Crippen LogP contribution < -0.4 is 16.1 Å². The third-order valence-corrected chi connectivity index (χ3v) is 8.96. The minimum absolute atomic E-state index is 0.0316. The lowest BCUT2D eigenvalue weighted by molar-refractivity contribution is 0.121. The zero-order chi connectivity index (χ0) is 28.2. The first-order valence-electron chi connectivity index (χ1n) is 14.4. The van der Waals surface area contributed by atoms with Gasteiger partial charge in [-0.3, -0.25) is 9.79 Å². The number of fused-ring (bicyclic) bond motifs is 4. The fraction of sp³-hybridized carbons (Fsp3) is 0.294. The highest BCUT2D eigenvalue weighted by molar-refractivity contribution is 7.26. The van der Waals surface area contributed by atoms with Crippen LogP contribution in [0.15, 0.2) is 81.1 Å². The van der Waals surface area contributed by atoms with Crippen LogP contribution in [0.4, 0.5) is 5.88 Å². The molecule has 0 saturated carbocycles. The van der Waals surface area contributed by atoms with Crippen molar-refractivity contribution in [2.75, 3.05) is 37.7 Å². The van der Waals surface area contributed by atoms with Crippen LogP contribution in [0.5, 0.6) is 0 Å². The minimum atomic E-state index is -0.0316. The fourth-order valence-corrected chi connectivity index (χ4v) is 6.72. The van der Waals surface area contributed by atoms with E-state index in [1.807, 2.05) is 24.4 Å². The van der Waals surface area contributed by atoms with Crippen molar-refractivity contribution in [1.82, 2.24) is 0 Å². The molecule has 1 aliphatic heterocycles. The molecule has 3 aromatic carbocycles. The van der Waals surface area contributed by atoms with Gasteiger partial charge in [-0.05, 0) is 30.2 Å². The second kappa shape index (κ2) is 12.3. The fourth-order valence-electron chi connectivity index (χ4n) is 5.51. The van der Waals surface area contributed by atoms with Crippen LogP contribution in [0.1, 0.15) is 38.2 Å². The molecular weight excluding hydrogens is 530 g/mol. The number of anilines is 1. The van der Waals surface area contributed by atoms with Crippen molar-refractivity contribution in [3.8, 4) is 11.1 Å². The standard InChI is InChI=1S/C34H35N3O3S/c1-2-3-4-5-14-36-22-24(21-35)23-12-13-31-29(19-23)27-10-7-9-26(34(27)41-31)25-8-6-11-28-30(38)20-32(40-33(25)28)37-15-17-39-18-16-37/h6-13,19-22H,2-5,14-18,35H2,1H3. The number of nitrogens with two attached hydrogens (primary N) is 1. The predicted molar refractivity (Wildman–Crippen MR) is 174 cm³/mol. The van der Waals surface area contributed by atoms with Gasteiger partial charge < -0.3 is 19.8 Å². The Morgan fingerprint density at radius 3 is 2.59 bits per heavy atom. The Morgan fingerprint density at radius 2 is 1.78 bits per heavy atom. The summed E-state index contributed by atoms with van der Waals surface area (Å²) in [7, 11) is 0. The summed E-state index contributed by atoms with van der Waals surface area (Å²) in [5, 5.41) is 2.93. The van der Waals surface area contributed by atoms with Gasteiger partial charge in [-0.1, -0.05) is 62.6 Å². The molecule has 0 atom stereocenters. The molecule has 6 rings (SSSR count). The number of allylic oxidation sites excluding steroid dienone is 1. The Hall–Kier alpha value is -3.94. The van der Waals surface area contributed by atoms with Crippen molar-refractivity contribution in [2.45, 2.75) is 32.6 Å². The van der Waals surface area contributed by atoms with Crippen molar-refractivity contribution >= 4 is 60.2 Å². The normalized spacial score (nSPS) is 14.7. The van der Waals surface area contributed by atoms with Crippen molar-refractivity contribution in [1.29, 1.82) is 0 Å². The van der Waals surface area contributed by atoms with Crippen LogP contribution in [0.3, 0.4) is 0 Å². The molecule has 0 radical (unpaired) electrons. The van der Waals surface area contributed by atoms with E-state index in [9.17, 15) is 4.79 Å². The van der Waals surface area contributed by atoms with Gasteiger partial charge in [-0.25, -0.2) is 0 Å². The van der Waals surface area contributed by atoms with Crippen molar-refractivity contribution in [3.63, 3.8) is 0 Å². The maximum atomic E-state index is 13.2. The van der Waals surface area contributed by atoms with E-state index in [-0.39, 0.29) is 5.43 Å². The average molecular weight is 566 g/mol. The van der Waals surface area contributed by atoms with E-state index in [1.54, 1.807) is 23.6 Å². The molecule has 1 fully saturated rings. The molecule has 6 nitrogen and oxygen atoms in total. The Kier molecular flexibility index (Phi) is 8.16. The molecule has 2 N–H and O–H groups in total. The summed E-state index contributed by atoms with van der Waals surface area (Å²) < 4.78 is 14.3. The lowest BCUT2D eigenvalue weighted by atomic mass is 9.99. The van der Waals surface area contributed by atoms with E-state index in [0.717, 1.165) is 39.9 Å². The Bertz CT molecular complexity index is 1810. The molecule has 0 bridgehead atoms. The number of aliphatic imine (C=N–C) groups is 1. The molecule has 5 aromatic rings. The summed E-state index contributed by atoms with van der Waals surface area (Å²) in [6, 6.07) is 20.3. The Labute approximate surface area is 243 Å². The van der Waals surface area contributed by atoms with Crippen molar-refractivity contribution in [2.24, 2.45) is 10.7 Å². The molecular formula is C34H35N3O3S. The molecule has 1 aliphatic rings. The van der Waals surface area contributed by atoms with Gasteiger partial charge in [0.25, 0.3) is 0 Å². The summed E-state index contributed by atoms with van der Waals surface area (Å²) in [6.07, 6.45) is 8.32. The van der Waals surface area contributed by atoms with Gasteiger partial charge in [-0.2, -0.15) is 0 Å². The summed E-state index contributed by atoms with van der Waals surface area (Å²) in [5.41, 5.74) is 10.6. The first kappa shape index (κ1) is 27.2. The van der Waals surface area contributed by atoms with E-state index < -0.39 is 0 Å². The van der Waals surface area contributed by atoms with Crippen molar-refractivity contribution in [3.05, 3.63) is 82.7 Å². The van der Waals surface area contributed by atoms with Crippen LogP contribution in [0.2, 0.25) is 0 Å². The molecule has 41 heavy (non-hydrogen) atoms. The molecule has 0 aliphatic carbocycles. The van der Waals surface area contributed by atoms with Crippen LogP contribution in [0.25, 0.3) is 47.8 Å². The average Bonchev–Trinajstić information content (AvgIpc) is 3.39. The third kappa shape index (κ3) is 5.52. The molecule has 1 saturated heterocycles. The predicted octanol–water partition coefficient (Wildman–Crippen LogP) is 7.62. The van der Waals surface area contributed by atoms with E-state index >= 15 is 0 Å². The molecule has 3 heterocycles. The molecule has 7 heteroatoms. The van der Waals surface area contributed by atoms with E-state index in [2.05, 4.69) is 53.2 Å². The molecule has 0 unspecified atom stereocenters. The first-order chi connectivity index (χ1) is 20.2. The quantitative estimate of drug-likeness (QED) is 0.147. The second-order valence-corrected chi connectivity index (χ2v) is 11.5. The van der Waals surface area contributed by atoms with Gasteiger partial charge in [0.15, 0.2) is 11.3 Å². The lowest BCUT2D eigenvalue weighted by Crippen LogP contribution is -2.36. The van der Waals surface area contributed by atoms with Crippen LogP contribution in [-0.2, 0) is 4.74 Å². The minimum Gasteiger partial charge on any atom is -0.440 e. The van der Waals surface area contributed by atoms with Crippen molar-refractivity contribution < 1.29 is 9.15 Å². The SMILES string of the molecule is CCCCCCN=CC(=CN)c1ccc2sc3c(-c4cccc5c(=O)cc(N6CCOCC6)oc45)cccc3c2c1. The largest absolute Gasteiger partial charge is 0.440 e. The summed E-state index contributed by atoms with van der Waals surface area (Å²) >= 11 is 1.75. The molecule has 210 valence electrons. The van der Waals surface area contributed by atoms with E-state index in [1.165, 1.54) is 34.7 Å². The van der Waals surface area contributed by atoms with Gasteiger partial charge in [0.2, 0.25) is 0 Å². The van der Waals surface area contributed by atoms with Gasteiger partial charge in [0.05, 0.1) is 18.6 Å². The number of ether oxygens (including phenoxy) is 1. The Morgan fingerprint density at radius 1 is 0.976 bits per heavy atom. The number of unbranched alkanes of at least 4 members (excludes halogenated alkanes) is 3. The van der Waals surface area contributed by atoms with E-state index in [0.29, 0.717) is 43.2 Å². The number of thiophene rings is 1. The number of hydrogen-bond acceptors (Lipinski definition) is 7. The van der Waals surface area contributed by atoms with Gasteiger partial charge in [-0.15, -0.1) is 11.3 Å². The summed E-state index contributed by atoms with van der Waals surface area (Å²) in [4.78, 5) is 19.9. The number of hydrogen-bond donors (Lipinski definition) is 1. The monoisotopic (exact) mass is 565 g/mol. The highest BCUT2D eigenvalue weighted by atomic mass is 32.1. The van der Waals surface area contributed by atoms with E-state index in [4.69, 9.17) is 14.9 Å². The van der Waals surface area contributed by atoms with Gasteiger partial charge >= 0.3 is 0 Å². The topological polar surface area (TPSA) is 81.1 Å². The summed E-state index contributed by atoms with van der Waals surface area (Å²) in [5.74, 6) is 0.597. The molecule has 0 amide bonds. The van der Waals surface area contributed by atoms with Crippen LogP contribution in [-0.4, -0.2) is 39.1 Å². The maximum absolute atomic E-state index is 13.2. The smallest absolute Gasteiger partial charge is 0.200 e. The number of nitrogens with zero attached hydrogens (tertiary/aromatic N) is 2. The summed E-state index contributed by atoms with van der Waals surface area (Å²) in [6.45, 7) is 5.69. The number of morpholine rings is 1. The molecule has 2 aromatic heterocycles. The second-order valence-electron chi connectivity index (χ2n) is 10.4. The van der Waals surface area contributed by atoms with Crippen LogP contribution >= 0.6 is 11.3 Å². The number of rotatable bonds is 9. The zero-order valence-corrected chi connectivity index (χ0v) is 24.2. The zero-order valence-electron chi connectivity index (χ0n) is 23.4. The van der Waals surface area contributed by atoms with Crippen LogP contribution in [0, 0.1) is 0 Å². The maximum Gasteiger partial charge on any atom is 0.200 e. The first-order valence-corrected chi connectivity index (χ1v) is 15.3. The van der Waals surface area contributed by atoms with Gasteiger partial charge in [0.1, 0.15) is 5.58 Å². The number of para-hydroxylation sites is 1. The molecule has 0 spiro atoms. The lowest BCUT2D eigenvalue weighted by Gasteiger charge is -2.27. The third-order valence-electron chi connectivity index (χ3n) is 7.74. The highest BCUT2D eigenvalue weighted by Gasteiger charge is 2.19. The number of benzene rings is 3.